The van der Waals surface area contributed by atoms with Gasteiger partial charge in [-0.3, -0.25) is 9.78 Å². The molecular weight excluding hydrogens is 376 g/mol. The Morgan fingerprint density at radius 1 is 1.00 bits per heavy atom. The fourth-order valence-electron chi connectivity index (χ4n) is 3.66. The standard InChI is InChI=1S/C23H26N6O/c1-16(30)25-19-9-11-20(12-10-19)26-22-14-21(17-6-5-13-24-15-17)28-23(29-22)27-18-7-3-2-4-8-18/h5-6,9-15,18H,2-4,7-8H2,1H3,(H,25,30)(H2,26,27,28,29). The summed E-state index contributed by atoms with van der Waals surface area (Å²) in [6.45, 7) is 1.49. The number of benzene rings is 1. The first kappa shape index (κ1) is 19.8. The molecule has 30 heavy (non-hydrogen) atoms. The van der Waals surface area contributed by atoms with Gasteiger partial charge in [0.05, 0.1) is 5.69 Å². The molecular formula is C23H26N6O. The van der Waals surface area contributed by atoms with Gasteiger partial charge < -0.3 is 16.0 Å². The molecule has 0 saturated heterocycles. The molecule has 7 heteroatoms. The van der Waals surface area contributed by atoms with Gasteiger partial charge in [-0.25, -0.2) is 4.98 Å². The van der Waals surface area contributed by atoms with Gasteiger partial charge in [0, 0.05) is 48.4 Å². The Morgan fingerprint density at radius 2 is 1.77 bits per heavy atom. The number of nitrogens with zero attached hydrogens (tertiary/aromatic N) is 3. The first-order valence-corrected chi connectivity index (χ1v) is 10.4. The minimum Gasteiger partial charge on any atom is -0.351 e. The summed E-state index contributed by atoms with van der Waals surface area (Å²) in [6.07, 6.45) is 9.63. The lowest BCUT2D eigenvalue weighted by Gasteiger charge is -2.23. The van der Waals surface area contributed by atoms with Gasteiger partial charge in [0.2, 0.25) is 11.9 Å². The van der Waals surface area contributed by atoms with E-state index in [4.69, 9.17) is 9.97 Å². The second-order valence-corrected chi connectivity index (χ2v) is 7.57. The molecule has 0 bridgehead atoms. The quantitative estimate of drug-likeness (QED) is 0.538. The minimum absolute atomic E-state index is 0.0916. The lowest BCUT2D eigenvalue weighted by molar-refractivity contribution is -0.114. The Morgan fingerprint density at radius 3 is 2.47 bits per heavy atom. The van der Waals surface area contributed by atoms with E-state index in [0.717, 1.165) is 35.5 Å². The van der Waals surface area contributed by atoms with E-state index in [1.807, 2.05) is 42.5 Å². The summed E-state index contributed by atoms with van der Waals surface area (Å²) in [4.78, 5) is 24.9. The van der Waals surface area contributed by atoms with Gasteiger partial charge in [-0.2, -0.15) is 4.98 Å². The van der Waals surface area contributed by atoms with Crippen molar-refractivity contribution in [1.29, 1.82) is 0 Å². The highest BCUT2D eigenvalue weighted by Crippen LogP contribution is 2.26. The Kier molecular flexibility index (Phi) is 6.17. The number of carbonyl (C=O) groups is 1. The zero-order valence-corrected chi connectivity index (χ0v) is 17.1. The number of aromatic nitrogens is 3. The molecule has 1 aromatic carbocycles. The maximum atomic E-state index is 11.2. The third kappa shape index (κ3) is 5.31. The maximum Gasteiger partial charge on any atom is 0.225 e. The first-order valence-electron chi connectivity index (χ1n) is 10.4. The molecule has 7 nitrogen and oxygen atoms in total. The summed E-state index contributed by atoms with van der Waals surface area (Å²) in [7, 11) is 0. The van der Waals surface area contributed by atoms with Crippen molar-refractivity contribution >= 4 is 29.0 Å². The lowest BCUT2D eigenvalue weighted by Crippen LogP contribution is -2.23. The summed E-state index contributed by atoms with van der Waals surface area (Å²) >= 11 is 0. The van der Waals surface area contributed by atoms with Crippen molar-refractivity contribution in [3.8, 4) is 11.3 Å². The van der Waals surface area contributed by atoms with Gasteiger partial charge in [0.25, 0.3) is 0 Å². The highest BCUT2D eigenvalue weighted by Gasteiger charge is 2.15. The SMILES string of the molecule is CC(=O)Nc1ccc(Nc2cc(-c3cccnc3)nc(NC3CCCCC3)n2)cc1. The topological polar surface area (TPSA) is 91.8 Å². The molecule has 0 unspecified atom stereocenters. The second-order valence-electron chi connectivity index (χ2n) is 7.57. The fraction of sp³-hybridized carbons (Fsp3) is 0.304. The number of nitrogens with one attached hydrogen (secondary N) is 3. The van der Waals surface area contributed by atoms with E-state index in [9.17, 15) is 4.79 Å². The number of pyridine rings is 1. The van der Waals surface area contributed by atoms with Crippen LogP contribution in [0.5, 0.6) is 0 Å². The van der Waals surface area contributed by atoms with Crippen LogP contribution in [-0.4, -0.2) is 26.9 Å². The molecule has 1 aliphatic rings. The molecule has 2 heterocycles. The van der Waals surface area contributed by atoms with E-state index in [1.54, 1.807) is 12.4 Å². The van der Waals surface area contributed by atoms with Crippen LogP contribution < -0.4 is 16.0 Å². The van der Waals surface area contributed by atoms with Gasteiger partial charge in [0.1, 0.15) is 5.82 Å². The van der Waals surface area contributed by atoms with E-state index >= 15 is 0 Å². The smallest absolute Gasteiger partial charge is 0.225 e. The van der Waals surface area contributed by atoms with E-state index in [-0.39, 0.29) is 5.91 Å². The van der Waals surface area contributed by atoms with Crippen molar-refractivity contribution in [2.75, 3.05) is 16.0 Å². The second kappa shape index (κ2) is 9.35. The summed E-state index contributed by atoms with van der Waals surface area (Å²) in [6, 6.07) is 13.8. The Bertz CT molecular complexity index is 984. The number of anilines is 4. The molecule has 0 aliphatic heterocycles. The Labute approximate surface area is 176 Å². The third-order valence-corrected chi connectivity index (χ3v) is 5.10. The van der Waals surface area contributed by atoms with Crippen molar-refractivity contribution in [2.45, 2.75) is 45.1 Å². The number of amides is 1. The monoisotopic (exact) mass is 402 g/mol. The molecule has 154 valence electrons. The number of hydrogen-bond donors (Lipinski definition) is 3. The maximum absolute atomic E-state index is 11.2. The number of rotatable bonds is 6. The molecule has 4 rings (SSSR count). The van der Waals surface area contributed by atoms with Crippen molar-refractivity contribution in [2.24, 2.45) is 0 Å². The van der Waals surface area contributed by atoms with Crippen LogP contribution in [0, 0.1) is 0 Å². The van der Waals surface area contributed by atoms with Gasteiger partial charge in [-0.1, -0.05) is 19.3 Å². The molecule has 1 aliphatic carbocycles. The van der Waals surface area contributed by atoms with Crippen molar-refractivity contribution in [3.05, 3.63) is 54.9 Å². The highest BCUT2D eigenvalue weighted by atomic mass is 16.1. The van der Waals surface area contributed by atoms with Gasteiger partial charge in [-0.15, -0.1) is 0 Å². The lowest BCUT2D eigenvalue weighted by atomic mass is 9.96. The van der Waals surface area contributed by atoms with E-state index in [1.165, 1.54) is 26.2 Å². The van der Waals surface area contributed by atoms with Crippen LogP contribution in [-0.2, 0) is 4.79 Å². The van der Waals surface area contributed by atoms with Crippen LogP contribution in [0.1, 0.15) is 39.0 Å². The Hall–Kier alpha value is -3.48. The van der Waals surface area contributed by atoms with Gasteiger partial charge in [0.15, 0.2) is 0 Å². The number of hydrogen-bond acceptors (Lipinski definition) is 6. The molecule has 1 amide bonds. The average molecular weight is 403 g/mol. The van der Waals surface area contributed by atoms with Crippen LogP contribution in [0.15, 0.2) is 54.9 Å². The van der Waals surface area contributed by atoms with Crippen LogP contribution in [0.25, 0.3) is 11.3 Å². The van der Waals surface area contributed by atoms with E-state index in [2.05, 4.69) is 20.9 Å². The zero-order valence-electron chi connectivity index (χ0n) is 17.1. The molecule has 0 atom stereocenters. The van der Waals surface area contributed by atoms with Gasteiger partial charge in [-0.05, 0) is 49.2 Å². The summed E-state index contributed by atoms with van der Waals surface area (Å²) in [5.41, 5.74) is 3.39. The molecule has 3 N–H and O–H groups in total. The van der Waals surface area contributed by atoms with Crippen molar-refractivity contribution in [1.82, 2.24) is 15.0 Å². The van der Waals surface area contributed by atoms with E-state index in [0.29, 0.717) is 17.8 Å². The molecule has 1 saturated carbocycles. The minimum atomic E-state index is -0.0916. The highest BCUT2D eigenvalue weighted by molar-refractivity contribution is 5.88. The predicted octanol–water partition coefficient (Wildman–Crippen LogP) is 4.99. The summed E-state index contributed by atoms with van der Waals surface area (Å²) in [5.74, 6) is 1.24. The molecule has 2 aromatic heterocycles. The van der Waals surface area contributed by atoms with Crippen molar-refractivity contribution in [3.63, 3.8) is 0 Å². The summed E-state index contributed by atoms with van der Waals surface area (Å²) in [5, 5.41) is 9.64. The van der Waals surface area contributed by atoms with Crippen LogP contribution in [0.2, 0.25) is 0 Å². The molecule has 0 radical (unpaired) electrons. The molecule has 3 aromatic rings. The number of carbonyl (C=O) groups excluding carboxylic acids is 1. The van der Waals surface area contributed by atoms with Gasteiger partial charge >= 0.3 is 0 Å². The van der Waals surface area contributed by atoms with Crippen LogP contribution in [0.4, 0.5) is 23.1 Å². The average Bonchev–Trinajstić information content (AvgIpc) is 2.76. The van der Waals surface area contributed by atoms with E-state index < -0.39 is 0 Å². The Balaban J connectivity index is 1.59. The zero-order chi connectivity index (χ0) is 20.8. The largest absolute Gasteiger partial charge is 0.351 e. The van der Waals surface area contributed by atoms with Crippen LogP contribution in [0.3, 0.4) is 0 Å². The molecule has 1 fully saturated rings. The first-order chi connectivity index (χ1) is 14.7. The third-order valence-electron chi connectivity index (χ3n) is 5.10. The summed E-state index contributed by atoms with van der Waals surface area (Å²) < 4.78 is 0. The predicted molar refractivity (Wildman–Crippen MR) is 120 cm³/mol. The fourth-order valence-corrected chi connectivity index (χ4v) is 3.66. The van der Waals surface area contributed by atoms with Crippen molar-refractivity contribution < 1.29 is 4.79 Å². The van der Waals surface area contributed by atoms with Crippen LogP contribution >= 0.6 is 0 Å². The molecule has 0 spiro atoms. The normalized spacial score (nSPS) is 14.2.